The van der Waals surface area contributed by atoms with Crippen LogP contribution in [0.4, 0.5) is 0 Å². The second-order valence-corrected chi connectivity index (χ2v) is 5.13. The van der Waals surface area contributed by atoms with Gasteiger partial charge in [-0.15, -0.1) is 0 Å². The van der Waals surface area contributed by atoms with Crippen molar-refractivity contribution in [3.05, 3.63) is 70.3 Å². The minimum absolute atomic E-state index is 1.25. The predicted octanol–water partition coefficient (Wildman–Crippen LogP) is 4.65. The third-order valence-corrected chi connectivity index (χ3v) is 3.67. The van der Waals surface area contributed by atoms with Crippen LogP contribution in [0.25, 0.3) is 12.2 Å². The van der Waals surface area contributed by atoms with Gasteiger partial charge < -0.3 is 0 Å². The third kappa shape index (κ3) is 2.38. The first-order valence-electron chi connectivity index (χ1n) is 6.68. The summed E-state index contributed by atoms with van der Waals surface area (Å²) in [6.45, 7) is 2.12. The molecule has 90 valence electrons. The largest absolute Gasteiger partial charge is 0.0587 e. The van der Waals surface area contributed by atoms with Gasteiger partial charge in [0.2, 0.25) is 0 Å². The molecule has 0 aliphatic heterocycles. The molecule has 0 N–H and O–H groups in total. The Labute approximate surface area is 109 Å². The number of hydrogen-bond acceptors (Lipinski definition) is 0. The molecular formula is C18H18. The number of benzene rings is 2. The van der Waals surface area contributed by atoms with E-state index in [0.29, 0.717) is 0 Å². The first kappa shape index (κ1) is 11.3. The van der Waals surface area contributed by atoms with Gasteiger partial charge in [-0.3, -0.25) is 0 Å². The zero-order valence-electron chi connectivity index (χ0n) is 10.8. The van der Waals surface area contributed by atoms with Crippen molar-refractivity contribution in [1.29, 1.82) is 0 Å². The van der Waals surface area contributed by atoms with Crippen molar-refractivity contribution in [1.82, 2.24) is 0 Å². The quantitative estimate of drug-likeness (QED) is 0.663. The highest BCUT2D eigenvalue weighted by molar-refractivity contribution is 5.70. The van der Waals surface area contributed by atoms with Crippen LogP contribution in [0.2, 0.25) is 0 Å². The first-order valence-corrected chi connectivity index (χ1v) is 6.68. The van der Waals surface area contributed by atoms with Gasteiger partial charge in [0.1, 0.15) is 0 Å². The summed E-state index contributed by atoms with van der Waals surface area (Å²) in [6.07, 6.45) is 8.23. The lowest BCUT2D eigenvalue weighted by Gasteiger charge is -2.00. The number of rotatable bonds is 2. The molecule has 0 atom stereocenters. The van der Waals surface area contributed by atoms with E-state index >= 15 is 0 Å². The maximum Gasteiger partial charge on any atom is -0.0254 e. The van der Waals surface area contributed by atoms with Crippen molar-refractivity contribution < 1.29 is 0 Å². The van der Waals surface area contributed by atoms with Crippen molar-refractivity contribution in [2.75, 3.05) is 0 Å². The highest BCUT2D eigenvalue weighted by Crippen LogP contribution is 2.23. The van der Waals surface area contributed by atoms with Crippen molar-refractivity contribution in [2.45, 2.75) is 26.2 Å². The van der Waals surface area contributed by atoms with Gasteiger partial charge >= 0.3 is 0 Å². The van der Waals surface area contributed by atoms with Gasteiger partial charge in [0.05, 0.1) is 0 Å². The van der Waals surface area contributed by atoms with Crippen LogP contribution in [-0.2, 0) is 12.8 Å². The number of fused-ring (bicyclic) bond motifs is 1. The first-order chi connectivity index (χ1) is 8.81. The molecule has 0 heterocycles. The minimum Gasteiger partial charge on any atom is -0.0587 e. The van der Waals surface area contributed by atoms with Crippen molar-refractivity contribution >= 4 is 12.2 Å². The Morgan fingerprint density at radius 1 is 0.778 bits per heavy atom. The Hall–Kier alpha value is -1.82. The standard InChI is InChI=1S/C18H18/c1-14-5-7-15(8-6-14)9-10-16-11-12-17-3-2-4-18(17)13-16/h5-13H,2-4H2,1H3/b10-9+. The highest BCUT2D eigenvalue weighted by Gasteiger charge is 2.09. The van der Waals surface area contributed by atoms with Gasteiger partial charge in [0, 0.05) is 0 Å². The zero-order valence-corrected chi connectivity index (χ0v) is 10.8. The van der Waals surface area contributed by atoms with Crippen molar-refractivity contribution in [3.63, 3.8) is 0 Å². The van der Waals surface area contributed by atoms with Gasteiger partial charge in [-0.25, -0.2) is 0 Å². The van der Waals surface area contributed by atoms with Crippen LogP contribution in [-0.4, -0.2) is 0 Å². The summed E-state index contributed by atoms with van der Waals surface area (Å²) < 4.78 is 0. The summed E-state index contributed by atoms with van der Waals surface area (Å²) >= 11 is 0. The summed E-state index contributed by atoms with van der Waals surface area (Å²) in [5, 5.41) is 0. The summed E-state index contributed by atoms with van der Waals surface area (Å²) in [4.78, 5) is 0. The van der Waals surface area contributed by atoms with Crippen LogP contribution in [0, 0.1) is 6.92 Å². The van der Waals surface area contributed by atoms with Gasteiger partial charge in [-0.1, -0.05) is 60.2 Å². The molecule has 1 aliphatic carbocycles. The monoisotopic (exact) mass is 234 g/mol. The second-order valence-electron chi connectivity index (χ2n) is 5.13. The Bertz CT molecular complexity index is 573. The van der Waals surface area contributed by atoms with Gasteiger partial charge in [-0.2, -0.15) is 0 Å². The molecule has 0 radical (unpaired) electrons. The lowest BCUT2D eigenvalue weighted by atomic mass is 10.1. The molecular weight excluding hydrogens is 216 g/mol. The Morgan fingerprint density at radius 3 is 2.28 bits per heavy atom. The van der Waals surface area contributed by atoms with E-state index in [2.05, 4.69) is 61.5 Å². The van der Waals surface area contributed by atoms with Gasteiger partial charge in [0.15, 0.2) is 0 Å². The van der Waals surface area contributed by atoms with Crippen LogP contribution in [0.1, 0.15) is 34.2 Å². The van der Waals surface area contributed by atoms with Crippen LogP contribution in [0.15, 0.2) is 42.5 Å². The fourth-order valence-corrected chi connectivity index (χ4v) is 2.57. The SMILES string of the molecule is Cc1ccc(/C=C/c2ccc3c(c2)CCC3)cc1. The summed E-state index contributed by atoms with van der Waals surface area (Å²) in [5.41, 5.74) is 6.98. The molecule has 0 spiro atoms. The van der Waals surface area contributed by atoms with E-state index in [9.17, 15) is 0 Å². The Morgan fingerprint density at radius 2 is 1.44 bits per heavy atom. The molecule has 0 nitrogen and oxygen atoms in total. The molecule has 0 heteroatoms. The number of hydrogen-bond donors (Lipinski definition) is 0. The van der Waals surface area contributed by atoms with E-state index in [-0.39, 0.29) is 0 Å². The van der Waals surface area contributed by atoms with Crippen LogP contribution >= 0.6 is 0 Å². The molecule has 18 heavy (non-hydrogen) atoms. The van der Waals surface area contributed by atoms with Crippen molar-refractivity contribution in [2.24, 2.45) is 0 Å². The molecule has 0 amide bonds. The molecule has 0 fully saturated rings. The van der Waals surface area contributed by atoms with Crippen LogP contribution in [0.5, 0.6) is 0 Å². The second kappa shape index (κ2) is 4.81. The normalized spacial score (nSPS) is 14.1. The average Bonchev–Trinajstić information content (AvgIpc) is 2.85. The van der Waals surface area contributed by atoms with E-state index in [1.807, 2.05) is 0 Å². The van der Waals surface area contributed by atoms with E-state index < -0.39 is 0 Å². The van der Waals surface area contributed by atoms with Crippen LogP contribution < -0.4 is 0 Å². The van der Waals surface area contributed by atoms with E-state index in [1.54, 1.807) is 11.1 Å². The highest BCUT2D eigenvalue weighted by atomic mass is 14.1. The molecule has 0 bridgehead atoms. The number of aryl methyl sites for hydroxylation is 3. The maximum absolute atomic E-state index is 2.34. The van der Waals surface area contributed by atoms with Gasteiger partial charge in [-0.05, 0) is 48.4 Å². The molecule has 2 aromatic rings. The molecule has 0 aromatic heterocycles. The fourth-order valence-electron chi connectivity index (χ4n) is 2.57. The fraction of sp³-hybridized carbons (Fsp3) is 0.222. The summed E-state index contributed by atoms with van der Waals surface area (Å²) in [7, 11) is 0. The van der Waals surface area contributed by atoms with Crippen molar-refractivity contribution in [3.8, 4) is 0 Å². The smallest absolute Gasteiger partial charge is 0.0254 e. The van der Waals surface area contributed by atoms with E-state index in [1.165, 1.54) is 36.0 Å². The van der Waals surface area contributed by atoms with Crippen LogP contribution in [0.3, 0.4) is 0 Å². The molecule has 2 aromatic carbocycles. The molecule has 3 rings (SSSR count). The average molecular weight is 234 g/mol. The third-order valence-electron chi connectivity index (χ3n) is 3.67. The topological polar surface area (TPSA) is 0 Å². The lowest BCUT2D eigenvalue weighted by molar-refractivity contribution is 0.912. The van der Waals surface area contributed by atoms with E-state index in [0.717, 1.165) is 0 Å². The molecule has 0 saturated carbocycles. The van der Waals surface area contributed by atoms with Gasteiger partial charge in [0.25, 0.3) is 0 Å². The Kier molecular flexibility index (Phi) is 3.02. The zero-order chi connectivity index (χ0) is 12.4. The Balaban J connectivity index is 1.82. The van der Waals surface area contributed by atoms with E-state index in [4.69, 9.17) is 0 Å². The molecule has 1 aliphatic rings. The summed E-state index contributed by atoms with van der Waals surface area (Å²) in [5.74, 6) is 0. The minimum atomic E-state index is 1.25. The maximum atomic E-state index is 2.34. The molecule has 0 unspecified atom stereocenters. The summed E-state index contributed by atoms with van der Waals surface area (Å²) in [6, 6.07) is 15.5. The predicted molar refractivity (Wildman–Crippen MR) is 78.6 cm³/mol. The lowest BCUT2D eigenvalue weighted by Crippen LogP contribution is -1.82. The molecule has 0 saturated heterocycles.